The summed E-state index contributed by atoms with van der Waals surface area (Å²) in [7, 11) is 0. The molecule has 0 bridgehead atoms. The van der Waals surface area contributed by atoms with E-state index in [2.05, 4.69) is 15.9 Å². The molecule has 0 aliphatic rings. The first-order valence-electron chi connectivity index (χ1n) is 4.83. The lowest BCUT2D eigenvalue weighted by molar-refractivity contribution is 0.103. The molecule has 0 amide bonds. The van der Waals surface area contributed by atoms with E-state index in [0.29, 0.717) is 20.6 Å². The van der Waals surface area contributed by atoms with Crippen LogP contribution in [0.4, 0.5) is 4.39 Å². The summed E-state index contributed by atoms with van der Waals surface area (Å²) < 4.78 is 13.4. The van der Waals surface area contributed by atoms with Gasteiger partial charge in [0.15, 0.2) is 5.78 Å². The van der Waals surface area contributed by atoms with Crippen LogP contribution in [0.2, 0.25) is 5.02 Å². The minimum atomic E-state index is -0.369. The van der Waals surface area contributed by atoms with E-state index in [1.54, 1.807) is 18.2 Å². The van der Waals surface area contributed by atoms with Gasteiger partial charge in [-0.2, -0.15) is 0 Å². The van der Waals surface area contributed by atoms with Crippen molar-refractivity contribution in [3.63, 3.8) is 0 Å². The van der Waals surface area contributed by atoms with Gasteiger partial charge in [-0.05, 0) is 42.5 Å². The van der Waals surface area contributed by atoms with Gasteiger partial charge in [-0.15, -0.1) is 0 Å². The number of hydrogen-bond donors (Lipinski definition) is 0. The summed E-state index contributed by atoms with van der Waals surface area (Å²) in [5, 5.41) is 0.485. The predicted molar refractivity (Wildman–Crippen MR) is 69.0 cm³/mol. The second kappa shape index (κ2) is 4.98. The van der Waals surface area contributed by atoms with Crippen molar-refractivity contribution in [2.24, 2.45) is 0 Å². The molecule has 0 aromatic heterocycles. The molecule has 0 saturated heterocycles. The third kappa shape index (κ3) is 2.73. The molecular weight excluding hydrogens is 306 g/mol. The van der Waals surface area contributed by atoms with E-state index < -0.39 is 0 Å². The molecule has 4 heteroatoms. The second-order valence-corrected chi connectivity index (χ2v) is 4.75. The number of benzene rings is 2. The van der Waals surface area contributed by atoms with Crippen LogP contribution < -0.4 is 0 Å². The highest BCUT2D eigenvalue weighted by atomic mass is 79.9. The zero-order valence-corrected chi connectivity index (χ0v) is 10.9. The predicted octanol–water partition coefficient (Wildman–Crippen LogP) is 4.47. The first-order valence-corrected chi connectivity index (χ1v) is 6.00. The lowest BCUT2D eigenvalue weighted by Gasteiger charge is -2.04. The quantitative estimate of drug-likeness (QED) is 0.748. The smallest absolute Gasteiger partial charge is 0.194 e. The van der Waals surface area contributed by atoms with Crippen molar-refractivity contribution in [1.82, 2.24) is 0 Å². The van der Waals surface area contributed by atoms with Crippen molar-refractivity contribution >= 4 is 33.3 Å². The van der Waals surface area contributed by atoms with Crippen molar-refractivity contribution < 1.29 is 9.18 Å². The van der Waals surface area contributed by atoms with E-state index in [-0.39, 0.29) is 11.6 Å². The maximum Gasteiger partial charge on any atom is 0.194 e. The Morgan fingerprint density at radius 3 is 2.41 bits per heavy atom. The van der Waals surface area contributed by atoms with Gasteiger partial charge in [0.25, 0.3) is 0 Å². The fourth-order valence-electron chi connectivity index (χ4n) is 1.43. The molecule has 0 saturated carbocycles. The molecule has 0 heterocycles. The van der Waals surface area contributed by atoms with Crippen molar-refractivity contribution in [1.29, 1.82) is 0 Å². The minimum Gasteiger partial charge on any atom is -0.289 e. The van der Waals surface area contributed by atoms with E-state index in [9.17, 15) is 9.18 Å². The first-order chi connectivity index (χ1) is 8.08. The number of halogens is 3. The molecule has 1 nitrogen and oxygen atoms in total. The molecule has 2 aromatic rings. The molecule has 0 unspecified atom stereocenters. The van der Waals surface area contributed by atoms with Gasteiger partial charge in [0.05, 0.1) is 0 Å². The molecule has 0 aliphatic carbocycles. The fourth-order valence-corrected chi connectivity index (χ4v) is 2.03. The maximum absolute atomic E-state index is 12.8. The summed E-state index contributed by atoms with van der Waals surface area (Å²) in [6.07, 6.45) is 0. The second-order valence-electron chi connectivity index (χ2n) is 3.46. The van der Waals surface area contributed by atoms with Crippen LogP contribution >= 0.6 is 27.5 Å². The third-order valence-corrected chi connectivity index (χ3v) is 3.21. The topological polar surface area (TPSA) is 17.1 Å². The van der Waals surface area contributed by atoms with Crippen LogP contribution in [-0.2, 0) is 0 Å². The molecule has 17 heavy (non-hydrogen) atoms. The van der Waals surface area contributed by atoms with Crippen molar-refractivity contribution in [2.45, 2.75) is 0 Å². The van der Waals surface area contributed by atoms with Gasteiger partial charge < -0.3 is 0 Å². The molecule has 86 valence electrons. The Morgan fingerprint density at radius 1 is 1.12 bits per heavy atom. The summed E-state index contributed by atoms with van der Waals surface area (Å²) in [6, 6.07) is 10.4. The summed E-state index contributed by atoms with van der Waals surface area (Å²) in [5.74, 6) is -0.564. The summed E-state index contributed by atoms with van der Waals surface area (Å²) in [5.41, 5.74) is 0.887. The molecular formula is C13H7BrClFO. The van der Waals surface area contributed by atoms with Crippen molar-refractivity contribution in [3.8, 4) is 0 Å². The normalized spacial score (nSPS) is 10.3. The molecule has 0 fully saturated rings. The van der Waals surface area contributed by atoms with E-state index in [1.165, 1.54) is 24.3 Å². The van der Waals surface area contributed by atoms with E-state index in [0.717, 1.165) is 0 Å². The Hall–Kier alpha value is -1.19. The Morgan fingerprint density at radius 2 is 1.76 bits per heavy atom. The van der Waals surface area contributed by atoms with Gasteiger partial charge in [0.2, 0.25) is 0 Å². The number of carbonyl (C=O) groups is 1. The van der Waals surface area contributed by atoms with Gasteiger partial charge in [-0.25, -0.2) is 4.39 Å². The molecule has 0 atom stereocenters. The molecule has 0 radical (unpaired) electrons. The highest BCUT2D eigenvalue weighted by molar-refractivity contribution is 9.10. The van der Waals surface area contributed by atoms with Gasteiger partial charge in [-0.1, -0.05) is 27.5 Å². The average Bonchev–Trinajstić information content (AvgIpc) is 2.32. The lowest BCUT2D eigenvalue weighted by atomic mass is 10.0. The molecule has 0 N–H and O–H groups in total. The molecule has 2 rings (SSSR count). The average molecular weight is 314 g/mol. The minimum absolute atomic E-state index is 0.195. The van der Waals surface area contributed by atoms with Crippen LogP contribution in [0.15, 0.2) is 46.9 Å². The molecule has 0 aliphatic heterocycles. The van der Waals surface area contributed by atoms with Crippen LogP contribution in [0.25, 0.3) is 0 Å². The first kappa shape index (κ1) is 12.3. The largest absolute Gasteiger partial charge is 0.289 e. The number of carbonyl (C=O) groups excluding carboxylic acids is 1. The van der Waals surface area contributed by atoms with E-state index in [4.69, 9.17) is 11.6 Å². The summed E-state index contributed by atoms with van der Waals surface area (Å²) in [4.78, 5) is 12.1. The Kier molecular flexibility index (Phi) is 3.60. The third-order valence-electron chi connectivity index (χ3n) is 2.28. The SMILES string of the molecule is O=C(c1ccc(F)cc1)c1cc(Cl)ccc1Br. The van der Waals surface area contributed by atoms with E-state index >= 15 is 0 Å². The van der Waals surface area contributed by atoms with Crippen molar-refractivity contribution in [2.75, 3.05) is 0 Å². The van der Waals surface area contributed by atoms with Crippen LogP contribution in [-0.4, -0.2) is 5.78 Å². The number of hydrogen-bond acceptors (Lipinski definition) is 1. The van der Waals surface area contributed by atoms with Crippen LogP contribution in [0.1, 0.15) is 15.9 Å². The monoisotopic (exact) mass is 312 g/mol. The molecule has 0 spiro atoms. The van der Waals surface area contributed by atoms with Gasteiger partial charge in [0, 0.05) is 20.6 Å². The number of rotatable bonds is 2. The highest BCUT2D eigenvalue weighted by Crippen LogP contribution is 2.23. The summed E-state index contributed by atoms with van der Waals surface area (Å²) >= 11 is 9.13. The summed E-state index contributed by atoms with van der Waals surface area (Å²) in [6.45, 7) is 0. The Bertz CT molecular complexity index is 566. The zero-order valence-electron chi connectivity index (χ0n) is 8.58. The lowest BCUT2D eigenvalue weighted by Crippen LogP contribution is -2.02. The number of ketones is 1. The fraction of sp³-hybridized carbons (Fsp3) is 0. The molecule has 2 aromatic carbocycles. The van der Waals surface area contributed by atoms with Crippen molar-refractivity contribution in [3.05, 3.63) is 68.9 Å². The maximum atomic E-state index is 12.8. The standard InChI is InChI=1S/C13H7BrClFO/c14-12-6-3-9(15)7-11(12)13(17)8-1-4-10(16)5-2-8/h1-7H. The Labute approximate surface area is 111 Å². The van der Waals surface area contributed by atoms with Crippen LogP contribution in [0.5, 0.6) is 0 Å². The highest BCUT2D eigenvalue weighted by Gasteiger charge is 2.13. The zero-order chi connectivity index (χ0) is 12.4. The van der Waals surface area contributed by atoms with Crippen LogP contribution in [0, 0.1) is 5.82 Å². The van der Waals surface area contributed by atoms with E-state index in [1.807, 2.05) is 0 Å². The van der Waals surface area contributed by atoms with Gasteiger partial charge in [-0.3, -0.25) is 4.79 Å². The van der Waals surface area contributed by atoms with Gasteiger partial charge >= 0.3 is 0 Å². The Balaban J connectivity index is 2.43. The van der Waals surface area contributed by atoms with Crippen LogP contribution in [0.3, 0.4) is 0 Å². The van der Waals surface area contributed by atoms with Gasteiger partial charge in [0.1, 0.15) is 5.82 Å².